The third-order valence-corrected chi connectivity index (χ3v) is 4.59. The second-order valence-electron chi connectivity index (χ2n) is 5.93. The Labute approximate surface area is 123 Å². The van der Waals surface area contributed by atoms with Crippen LogP contribution in [-0.2, 0) is 6.54 Å². The Morgan fingerprint density at radius 2 is 2.30 bits per heavy atom. The molecule has 0 unspecified atom stereocenters. The van der Waals surface area contributed by atoms with Gasteiger partial charge in [0.15, 0.2) is 0 Å². The van der Waals surface area contributed by atoms with Crippen LogP contribution >= 0.6 is 11.6 Å². The minimum absolute atomic E-state index is 0.0431. The van der Waals surface area contributed by atoms with Crippen LogP contribution in [0.4, 0.5) is 5.69 Å². The molecule has 20 heavy (non-hydrogen) atoms. The van der Waals surface area contributed by atoms with Crippen molar-refractivity contribution in [3.8, 4) is 0 Å². The summed E-state index contributed by atoms with van der Waals surface area (Å²) in [6.07, 6.45) is 5.30. The van der Waals surface area contributed by atoms with E-state index in [0.717, 1.165) is 26.2 Å². The fraction of sp³-hybridized carbons (Fsp3) is 0.714. The van der Waals surface area contributed by atoms with E-state index in [1.807, 2.05) is 0 Å². The molecule has 1 aromatic heterocycles. The fourth-order valence-corrected chi connectivity index (χ4v) is 3.17. The largest absolute Gasteiger partial charge is 0.363 e. The van der Waals surface area contributed by atoms with Crippen LogP contribution in [0.25, 0.3) is 0 Å². The van der Waals surface area contributed by atoms with E-state index >= 15 is 0 Å². The molecule has 0 amide bonds. The smallest absolute Gasteiger partial charge is 0.291 e. The Hall–Kier alpha value is -1.07. The summed E-state index contributed by atoms with van der Waals surface area (Å²) in [6.45, 7) is 5.34. The van der Waals surface area contributed by atoms with Gasteiger partial charge in [-0.05, 0) is 25.7 Å². The Morgan fingerprint density at radius 3 is 2.95 bits per heavy atom. The maximum atomic E-state index is 12.6. The molecule has 1 saturated carbocycles. The second-order valence-corrected chi connectivity index (χ2v) is 6.33. The topological polar surface area (TPSA) is 50.2 Å². The van der Waals surface area contributed by atoms with Crippen molar-refractivity contribution in [2.24, 2.45) is 5.92 Å². The second kappa shape index (κ2) is 5.74. The Balaban J connectivity index is 1.88. The number of piperazine rings is 1. The zero-order valence-corrected chi connectivity index (χ0v) is 12.6. The van der Waals surface area contributed by atoms with Crippen LogP contribution in [-0.4, -0.2) is 35.5 Å². The van der Waals surface area contributed by atoms with E-state index < -0.39 is 0 Å². The first-order valence-electron chi connectivity index (χ1n) is 7.39. The first-order valence-corrected chi connectivity index (χ1v) is 7.77. The van der Waals surface area contributed by atoms with E-state index in [1.165, 1.54) is 19.3 Å². The third kappa shape index (κ3) is 2.69. The van der Waals surface area contributed by atoms with Gasteiger partial charge in [-0.3, -0.25) is 4.79 Å². The number of nitrogens with one attached hydrogen (secondary N) is 1. The molecule has 110 valence electrons. The van der Waals surface area contributed by atoms with Gasteiger partial charge in [-0.25, -0.2) is 4.68 Å². The number of aromatic nitrogens is 2. The fourth-order valence-electron chi connectivity index (χ4n) is 2.93. The molecule has 3 rings (SSSR count). The monoisotopic (exact) mass is 296 g/mol. The Bertz CT molecular complexity index is 540. The van der Waals surface area contributed by atoms with Gasteiger partial charge in [0.25, 0.3) is 5.56 Å². The molecule has 1 aromatic rings. The maximum Gasteiger partial charge on any atom is 0.291 e. The summed E-state index contributed by atoms with van der Waals surface area (Å²) in [5, 5.41) is 8.05. The predicted octanol–water partition coefficient (Wildman–Crippen LogP) is 1.49. The van der Waals surface area contributed by atoms with Crippen molar-refractivity contribution in [1.82, 2.24) is 15.1 Å². The van der Waals surface area contributed by atoms with E-state index in [0.29, 0.717) is 22.7 Å². The molecule has 2 aliphatic rings. The molecule has 0 spiro atoms. The van der Waals surface area contributed by atoms with Gasteiger partial charge < -0.3 is 10.2 Å². The minimum Gasteiger partial charge on any atom is -0.363 e. The molecule has 1 saturated heterocycles. The first-order chi connectivity index (χ1) is 9.65. The highest BCUT2D eigenvalue weighted by atomic mass is 35.5. The van der Waals surface area contributed by atoms with Crippen LogP contribution in [0.15, 0.2) is 11.0 Å². The van der Waals surface area contributed by atoms with Gasteiger partial charge in [-0.2, -0.15) is 5.10 Å². The lowest BCUT2D eigenvalue weighted by Crippen LogP contribution is -2.51. The number of halogens is 1. The average molecular weight is 297 g/mol. The minimum atomic E-state index is -0.0431. The van der Waals surface area contributed by atoms with Gasteiger partial charge in [0.2, 0.25) is 0 Å². The highest BCUT2D eigenvalue weighted by Crippen LogP contribution is 2.28. The summed E-state index contributed by atoms with van der Waals surface area (Å²) in [5.74, 6) is 0.608. The number of anilines is 1. The van der Waals surface area contributed by atoms with Crippen LogP contribution in [0, 0.1) is 5.92 Å². The maximum absolute atomic E-state index is 12.6. The predicted molar refractivity (Wildman–Crippen MR) is 80.5 cm³/mol. The summed E-state index contributed by atoms with van der Waals surface area (Å²) >= 11 is 6.23. The van der Waals surface area contributed by atoms with Crippen molar-refractivity contribution >= 4 is 17.3 Å². The summed E-state index contributed by atoms with van der Waals surface area (Å²) in [5.41, 5.74) is 0.577. The van der Waals surface area contributed by atoms with Crippen LogP contribution in [0.3, 0.4) is 0 Å². The van der Waals surface area contributed by atoms with Crippen molar-refractivity contribution in [3.63, 3.8) is 0 Å². The van der Waals surface area contributed by atoms with Gasteiger partial charge in [-0.1, -0.05) is 18.0 Å². The van der Waals surface area contributed by atoms with Crippen LogP contribution in [0.2, 0.25) is 5.02 Å². The summed E-state index contributed by atoms with van der Waals surface area (Å²) in [6, 6.07) is 0.368. The molecular formula is C14H21ClN4O. The quantitative estimate of drug-likeness (QED) is 0.918. The molecule has 1 aliphatic carbocycles. The highest BCUT2D eigenvalue weighted by Gasteiger charge is 2.24. The SMILES string of the molecule is C[C@@H]1CN(c2c(Cl)cnn(CC3CCC3)c2=O)CCN1. The van der Waals surface area contributed by atoms with E-state index in [4.69, 9.17) is 11.6 Å². The average Bonchev–Trinajstić information content (AvgIpc) is 2.36. The van der Waals surface area contributed by atoms with E-state index in [-0.39, 0.29) is 5.56 Å². The van der Waals surface area contributed by atoms with E-state index in [2.05, 4.69) is 22.2 Å². The Kier molecular flexibility index (Phi) is 3.98. The molecule has 2 fully saturated rings. The number of hydrogen-bond acceptors (Lipinski definition) is 4. The number of nitrogens with zero attached hydrogens (tertiary/aromatic N) is 3. The van der Waals surface area contributed by atoms with Gasteiger partial charge in [0, 0.05) is 32.2 Å². The van der Waals surface area contributed by atoms with E-state index in [1.54, 1.807) is 10.9 Å². The molecule has 0 bridgehead atoms. The lowest BCUT2D eigenvalue weighted by Gasteiger charge is -2.34. The zero-order chi connectivity index (χ0) is 14.1. The van der Waals surface area contributed by atoms with Crippen molar-refractivity contribution < 1.29 is 0 Å². The molecule has 0 radical (unpaired) electrons. The van der Waals surface area contributed by atoms with Crippen LogP contribution in [0.5, 0.6) is 0 Å². The molecule has 1 N–H and O–H groups in total. The number of rotatable bonds is 3. The highest BCUT2D eigenvalue weighted by molar-refractivity contribution is 6.33. The molecule has 2 heterocycles. The summed E-state index contributed by atoms with van der Waals surface area (Å²) < 4.78 is 1.59. The van der Waals surface area contributed by atoms with E-state index in [9.17, 15) is 4.79 Å². The van der Waals surface area contributed by atoms with Crippen molar-refractivity contribution in [3.05, 3.63) is 21.6 Å². The zero-order valence-electron chi connectivity index (χ0n) is 11.8. The molecule has 5 nitrogen and oxygen atoms in total. The van der Waals surface area contributed by atoms with Gasteiger partial charge in [-0.15, -0.1) is 0 Å². The standard InChI is InChI=1S/C14H21ClN4O/c1-10-8-18(6-5-16-10)13-12(15)7-17-19(14(13)20)9-11-3-2-4-11/h7,10-11,16H,2-6,8-9H2,1H3/t10-/m1/s1. The molecule has 1 atom stereocenters. The molecule has 1 aliphatic heterocycles. The van der Waals surface area contributed by atoms with Gasteiger partial charge >= 0.3 is 0 Å². The lowest BCUT2D eigenvalue weighted by molar-refractivity contribution is 0.261. The van der Waals surface area contributed by atoms with Crippen LogP contribution in [0.1, 0.15) is 26.2 Å². The van der Waals surface area contributed by atoms with Crippen LogP contribution < -0.4 is 15.8 Å². The lowest BCUT2D eigenvalue weighted by atomic mass is 9.85. The van der Waals surface area contributed by atoms with Crippen molar-refractivity contribution in [2.45, 2.75) is 38.8 Å². The van der Waals surface area contributed by atoms with Gasteiger partial charge in [0.1, 0.15) is 5.69 Å². The van der Waals surface area contributed by atoms with Crippen molar-refractivity contribution in [1.29, 1.82) is 0 Å². The van der Waals surface area contributed by atoms with Crippen molar-refractivity contribution in [2.75, 3.05) is 24.5 Å². The normalized spacial score (nSPS) is 23.7. The Morgan fingerprint density at radius 1 is 1.50 bits per heavy atom. The van der Waals surface area contributed by atoms with Gasteiger partial charge in [0.05, 0.1) is 11.2 Å². The third-order valence-electron chi connectivity index (χ3n) is 4.31. The summed E-state index contributed by atoms with van der Waals surface area (Å²) in [4.78, 5) is 14.7. The molecule has 0 aromatic carbocycles. The molecular weight excluding hydrogens is 276 g/mol. The summed E-state index contributed by atoms with van der Waals surface area (Å²) in [7, 11) is 0. The number of hydrogen-bond donors (Lipinski definition) is 1. The first kappa shape index (κ1) is 13.9. The molecule has 6 heteroatoms.